The number of sulfonamides is 1. The van der Waals surface area contributed by atoms with Gasteiger partial charge in [0.05, 0.1) is 19.0 Å². The van der Waals surface area contributed by atoms with E-state index < -0.39 is 10.0 Å². The van der Waals surface area contributed by atoms with Crippen molar-refractivity contribution in [1.29, 1.82) is 0 Å². The molecule has 1 aromatic carbocycles. The Balaban J connectivity index is 0.00000280. The summed E-state index contributed by atoms with van der Waals surface area (Å²) >= 11 is 0. The van der Waals surface area contributed by atoms with Gasteiger partial charge in [0.15, 0.2) is 5.96 Å². The summed E-state index contributed by atoms with van der Waals surface area (Å²) in [5.41, 5.74) is 1.51. The Morgan fingerprint density at radius 3 is 2.43 bits per heavy atom. The first-order valence-corrected chi connectivity index (χ1v) is 11.2. The Labute approximate surface area is 185 Å². The predicted octanol–water partition coefficient (Wildman–Crippen LogP) is 1.55. The van der Waals surface area contributed by atoms with Crippen molar-refractivity contribution >= 4 is 40.0 Å². The highest BCUT2D eigenvalue weighted by molar-refractivity contribution is 14.0. The van der Waals surface area contributed by atoms with E-state index in [1.165, 1.54) is 16.3 Å². The Hall–Kier alpha value is -0.910. The third-order valence-electron chi connectivity index (χ3n) is 5.53. The summed E-state index contributed by atoms with van der Waals surface area (Å²) in [5.74, 6) is 0.701. The van der Waals surface area contributed by atoms with Gasteiger partial charge in [-0.15, -0.1) is 24.0 Å². The van der Waals surface area contributed by atoms with Crippen molar-refractivity contribution in [3.05, 3.63) is 35.9 Å². The number of hydrogen-bond donors (Lipinski definition) is 2. The van der Waals surface area contributed by atoms with Crippen LogP contribution in [0.3, 0.4) is 0 Å². The largest absolute Gasteiger partial charge is 0.379 e. The molecule has 1 aliphatic heterocycles. The van der Waals surface area contributed by atoms with Gasteiger partial charge in [-0.2, -0.15) is 4.31 Å². The van der Waals surface area contributed by atoms with Crippen molar-refractivity contribution < 1.29 is 13.2 Å². The van der Waals surface area contributed by atoms with Crippen LogP contribution in [0.4, 0.5) is 0 Å². The van der Waals surface area contributed by atoms with Gasteiger partial charge in [-0.25, -0.2) is 8.42 Å². The number of halogens is 1. The Bertz CT molecular complexity index is 733. The molecule has 0 spiro atoms. The van der Waals surface area contributed by atoms with Crippen LogP contribution in [-0.2, 0) is 20.2 Å². The van der Waals surface area contributed by atoms with Crippen LogP contribution in [-0.4, -0.2) is 70.9 Å². The molecule has 1 heterocycles. The van der Waals surface area contributed by atoms with Gasteiger partial charge >= 0.3 is 0 Å². The first kappa shape index (κ1) is 23.4. The van der Waals surface area contributed by atoms with Crippen molar-refractivity contribution in [2.75, 3.05) is 52.2 Å². The highest BCUT2D eigenvalue weighted by Gasteiger charge is 2.38. The van der Waals surface area contributed by atoms with E-state index in [0.29, 0.717) is 38.8 Å². The van der Waals surface area contributed by atoms with Gasteiger partial charge in [-0.1, -0.05) is 36.8 Å². The molecular formula is C19H31IN4O3S. The molecule has 0 unspecified atom stereocenters. The van der Waals surface area contributed by atoms with Gasteiger partial charge in [0, 0.05) is 38.6 Å². The maximum absolute atomic E-state index is 12.4. The van der Waals surface area contributed by atoms with Gasteiger partial charge in [0.2, 0.25) is 10.0 Å². The minimum Gasteiger partial charge on any atom is -0.379 e. The van der Waals surface area contributed by atoms with Gasteiger partial charge in [0.1, 0.15) is 0 Å². The van der Waals surface area contributed by atoms with E-state index in [4.69, 9.17) is 4.74 Å². The van der Waals surface area contributed by atoms with E-state index in [-0.39, 0.29) is 35.1 Å². The smallest absolute Gasteiger partial charge is 0.215 e. The van der Waals surface area contributed by atoms with E-state index >= 15 is 0 Å². The zero-order valence-electron chi connectivity index (χ0n) is 16.4. The van der Waals surface area contributed by atoms with Crippen LogP contribution in [0, 0.1) is 0 Å². The molecule has 3 rings (SSSR count). The molecule has 9 heteroatoms. The van der Waals surface area contributed by atoms with Crippen LogP contribution >= 0.6 is 24.0 Å². The number of aliphatic imine (C=N–C) groups is 1. The van der Waals surface area contributed by atoms with Crippen molar-refractivity contribution in [2.24, 2.45) is 4.99 Å². The summed E-state index contributed by atoms with van der Waals surface area (Å²) in [5, 5.41) is 6.53. The molecule has 0 radical (unpaired) electrons. The number of ether oxygens (including phenoxy) is 1. The molecule has 1 saturated heterocycles. The highest BCUT2D eigenvalue weighted by atomic mass is 127. The lowest BCUT2D eigenvalue weighted by molar-refractivity contribution is 0.0730. The second-order valence-electron chi connectivity index (χ2n) is 7.18. The van der Waals surface area contributed by atoms with Gasteiger partial charge in [0.25, 0.3) is 0 Å². The number of morpholine rings is 1. The summed E-state index contributed by atoms with van der Waals surface area (Å²) in [6.45, 7) is 2.95. The fraction of sp³-hybridized carbons (Fsp3) is 0.632. The van der Waals surface area contributed by atoms with E-state index in [1.54, 1.807) is 7.05 Å². The third kappa shape index (κ3) is 5.80. The van der Waals surface area contributed by atoms with E-state index in [9.17, 15) is 8.42 Å². The quantitative estimate of drug-likeness (QED) is 0.323. The minimum atomic E-state index is -3.26. The lowest BCUT2D eigenvalue weighted by Gasteiger charge is -2.43. The zero-order chi connectivity index (χ0) is 19.2. The molecule has 2 fully saturated rings. The number of benzene rings is 1. The first-order chi connectivity index (χ1) is 13.1. The molecule has 0 atom stereocenters. The Kier molecular flexibility index (Phi) is 8.97. The summed E-state index contributed by atoms with van der Waals surface area (Å²) in [4.78, 5) is 4.24. The fourth-order valence-corrected chi connectivity index (χ4v) is 5.01. The molecule has 7 nitrogen and oxygen atoms in total. The maximum Gasteiger partial charge on any atom is 0.215 e. The second kappa shape index (κ2) is 10.7. The van der Waals surface area contributed by atoms with Gasteiger partial charge in [-0.3, -0.25) is 4.99 Å². The van der Waals surface area contributed by atoms with Crippen molar-refractivity contribution in [3.8, 4) is 0 Å². The van der Waals surface area contributed by atoms with E-state index in [1.807, 2.05) is 6.07 Å². The van der Waals surface area contributed by atoms with Crippen LogP contribution in [0.15, 0.2) is 35.3 Å². The average molecular weight is 522 g/mol. The summed E-state index contributed by atoms with van der Waals surface area (Å²) < 4.78 is 31.5. The summed E-state index contributed by atoms with van der Waals surface area (Å²) in [6.07, 6.45) is 3.55. The Morgan fingerprint density at radius 2 is 1.86 bits per heavy atom. The van der Waals surface area contributed by atoms with E-state index in [0.717, 1.165) is 19.4 Å². The van der Waals surface area contributed by atoms with Gasteiger partial charge in [-0.05, 0) is 18.4 Å². The highest BCUT2D eigenvalue weighted by Crippen LogP contribution is 2.43. The number of rotatable bonds is 7. The normalized spacial score (nSPS) is 20.0. The molecule has 0 aromatic heterocycles. The lowest BCUT2D eigenvalue weighted by atomic mass is 9.64. The summed E-state index contributed by atoms with van der Waals surface area (Å²) in [7, 11) is -1.55. The topological polar surface area (TPSA) is 83.0 Å². The van der Waals surface area contributed by atoms with Crippen LogP contribution < -0.4 is 10.6 Å². The molecule has 1 aliphatic carbocycles. The molecule has 158 valence electrons. The van der Waals surface area contributed by atoms with Crippen molar-refractivity contribution in [1.82, 2.24) is 14.9 Å². The average Bonchev–Trinajstić information content (AvgIpc) is 2.67. The van der Waals surface area contributed by atoms with Crippen molar-refractivity contribution in [2.45, 2.75) is 24.7 Å². The van der Waals surface area contributed by atoms with Crippen LogP contribution in [0.25, 0.3) is 0 Å². The molecule has 1 aromatic rings. The SMILES string of the molecule is CN=C(NCCS(=O)(=O)N1CCOCC1)NCC1(c2ccccc2)CCC1.I. The number of nitrogens with zero attached hydrogens (tertiary/aromatic N) is 2. The zero-order valence-corrected chi connectivity index (χ0v) is 19.5. The number of guanidine groups is 1. The molecule has 0 amide bonds. The molecule has 2 N–H and O–H groups in total. The second-order valence-corrected chi connectivity index (χ2v) is 9.27. The van der Waals surface area contributed by atoms with Crippen LogP contribution in [0.1, 0.15) is 24.8 Å². The molecule has 2 aliphatic rings. The first-order valence-electron chi connectivity index (χ1n) is 9.61. The predicted molar refractivity (Wildman–Crippen MR) is 123 cm³/mol. The molecule has 28 heavy (non-hydrogen) atoms. The number of hydrogen-bond acceptors (Lipinski definition) is 4. The third-order valence-corrected chi connectivity index (χ3v) is 7.40. The monoisotopic (exact) mass is 522 g/mol. The summed E-state index contributed by atoms with van der Waals surface area (Å²) in [6, 6.07) is 10.6. The lowest BCUT2D eigenvalue weighted by Crippen LogP contribution is -2.50. The van der Waals surface area contributed by atoms with Crippen molar-refractivity contribution in [3.63, 3.8) is 0 Å². The van der Waals surface area contributed by atoms with Crippen LogP contribution in [0.5, 0.6) is 0 Å². The van der Waals surface area contributed by atoms with Crippen LogP contribution in [0.2, 0.25) is 0 Å². The van der Waals surface area contributed by atoms with Gasteiger partial charge < -0.3 is 15.4 Å². The number of nitrogens with one attached hydrogen (secondary N) is 2. The molecular weight excluding hydrogens is 491 g/mol. The minimum absolute atomic E-state index is 0. The molecule has 1 saturated carbocycles. The fourth-order valence-electron chi connectivity index (χ4n) is 3.69. The standard InChI is InChI=1S/C19H30N4O3S.HI/c1-20-18(21-10-15-27(24,25)23-11-13-26-14-12-23)22-16-19(8-5-9-19)17-6-3-2-4-7-17;/h2-4,6-7H,5,8-16H2,1H3,(H2,20,21,22);1H. The maximum atomic E-state index is 12.4. The Morgan fingerprint density at radius 1 is 1.18 bits per heavy atom. The molecule has 0 bridgehead atoms. The van der Waals surface area contributed by atoms with E-state index in [2.05, 4.69) is 39.9 Å².